The van der Waals surface area contributed by atoms with Gasteiger partial charge in [0.1, 0.15) is 0 Å². The van der Waals surface area contributed by atoms with Gasteiger partial charge in [0.2, 0.25) is 10.3 Å². The van der Waals surface area contributed by atoms with E-state index in [2.05, 4.69) is 15.5 Å². The zero-order valence-corrected chi connectivity index (χ0v) is 8.62. The van der Waals surface area contributed by atoms with Crippen molar-refractivity contribution in [2.24, 2.45) is 0 Å². The van der Waals surface area contributed by atoms with E-state index in [0.29, 0.717) is 23.5 Å². The van der Waals surface area contributed by atoms with Crippen LogP contribution in [-0.4, -0.2) is 42.0 Å². The van der Waals surface area contributed by atoms with Crippen molar-refractivity contribution in [1.29, 1.82) is 0 Å². The summed E-state index contributed by atoms with van der Waals surface area (Å²) in [5.41, 5.74) is 5.37. The fraction of sp³-hybridized carbons (Fsp3) is 0.571. The van der Waals surface area contributed by atoms with E-state index in [1.165, 1.54) is 0 Å². The number of ether oxygens (including phenoxy) is 2. The van der Waals surface area contributed by atoms with E-state index < -0.39 is 6.10 Å². The van der Waals surface area contributed by atoms with Gasteiger partial charge in [-0.3, -0.25) is 10.1 Å². The molecular formula is C7H10N4O3S. The molecule has 1 aliphatic heterocycles. The van der Waals surface area contributed by atoms with Crippen LogP contribution in [0.2, 0.25) is 0 Å². The molecule has 1 aromatic heterocycles. The highest BCUT2D eigenvalue weighted by Gasteiger charge is 2.23. The molecule has 1 aromatic rings. The Balaban J connectivity index is 1.91. The van der Waals surface area contributed by atoms with Crippen LogP contribution in [0, 0.1) is 0 Å². The minimum absolute atomic E-state index is 0.264. The molecule has 0 aliphatic carbocycles. The third kappa shape index (κ3) is 2.61. The van der Waals surface area contributed by atoms with Crippen LogP contribution >= 0.6 is 11.3 Å². The van der Waals surface area contributed by atoms with Gasteiger partial charge in [-0.05, 0) is 0 Å². The first-order valence-electron chi connectivity index (χ1n) is 4.35. The lowest BCUT2D eigenvalue weighted by Crippen LogP contribution is -2.39. The largest absolute Gasteiger partial charge is 0.376 e. The number of hydrogen-bond acceptors (Lipinski definition) is 7. The molecule has 1 unspecified atom stereocenters. The standard InChI is InChI=1S/C7H10N4O3S/c8-6-10-11-7(15-6)9-5(12)4-3-13-1-2-14-4/h4H,1-3H2,(H2,8,10)(H,9,11,12). The van der Waals surface area contributed by atoms with Crippen molar-refractivity contribution < 1.29 is 14.3 Å². The summed E-state index contributed by atoms with van der Waals surface area (Å²) in [6.07, 6.45) is -0.580. The minimum atomic E-state index is -0.580. The second-order valence-corrected chi connectivity index (χ2v) is 3.88. The van der Waals surface area contributed by atoms with E-state index in [4.69, 9.17) is 15.2 Å². The van der Waals surface area contributed by atoms with Crippen LogP contribution in [0.1, 0.15) is 0 Å². The van der Waals surface area contributed by atoms with E-state index in [1.54, 1.807) is 0 Å². The summed E-state index contributed by atoms with van der Waals surface area (Å²) < 4.78 is 10.3. The first-order chi connectivity index (χ1) is 7.25. The number of amides is 1. The Morgan fingerprint density at radius 2 is 2.40 bits per heavy atom. The van der Waals surface area contributed by atoms with Gasteiger partial charge in [-0.2, -0.15) is 0 Å². The van der Waals surface area contributed by atoms with Crippen LogP contribution in [0.5, 0.6) is 0 Å². The Morgan fingerprint density at radius 3 is 3.00 bits per heavy atom. The fourth-order valence-corrected chi connectivity index (χ4v) is 1.62. The van der Waals surface area contributed by atoms with Crippen molar-refractivity contribution >= 4 is 27.5 Å². The van der Waals surface area contributed by atoms with Crippen molar-refractivity contribution in [3.63, 3.8) is 0 Å². The average Bonchev–Trinajstić information content (AvgIpc) is 2.65. The Hall–Kier alpha value is -1.25. The lowest BCUT2D eigenvalue weighted by atomic mass is 10.3. The van der Waals surface area contributed by atoms with Crippen molar-refractivity contribution in [2.75, 3.05) is 30.9 Å². The first kappa shape index (κ1) is 10.3. The molecule has 1 aliphatic rings. The van der Waals surface area contributed by atoms with Crippen LogP contribution in [0.25, 0.3) is 0 Å². The van der Waals surface area contributed by atoms with Gasteiger partial charge in [-0.25, -0.2) is 0 Å². The second kappa shape index (κ2) is 4.51. The van der Waals surface area contributed by atoms with Gasteiger partial charge in [0.05, 0.1) is 19.8 Å². The molecule has 1 fully saturated rings. The van der Waals surface area contributed by atoms with Crippen molar-refractivity contribution in [1.82, 2.24) is 10.2 Å². The predicted octanol–water partition coefficient (Wildman–Crippen LogP) is -0.526. The van der Waals surface area contributed by atoms with Crippen molar-refractivity contribution in [2.45, 2.75) is 6.10 Å². The van der Waals surface area contributed by atoms with Crippen LogP contribution in [-0.2, 0) is 14.3 Å². The molecule has 0 radical (unpaired) electrons. The fourth-order valence-electron chi connectivity index (χ4n) is 1.11. The van der Waals surface area contributed by atoms with Crippen LogP contribution < -0.4 is 11.1 Å². The summed E-state index contributed by atoms with van der Waals surface area (Å²) in [5, 5.41) is 10.5. The lowest BCUT2D eigenvalue weighted by Gasteiger charge is -2.21. The molecule has 1 saturated heterocycles. The van der Waals surface area contributed by atoms with E-state index in [9.17, 15) is 4.79 Å². The minimum Gasteiger partial charge on any atom is -0.376 e. The van der Waals surface area contributed by atoms with Crippen molar-refractivity contribution in [3.8, 4) is 0 Å². The molecule has 0 bridgehead atoms. The van der Waals surface area contributed by atoms with E-state index in [-0.39, 0.29) is 12.5 Å². The Labute approximate surface area is 89.6 Å². The predicted molar refractivity (Wildman–Crippen MR) is 53.5 cm³/mol. The molecule has 2 heterocycles. The maximum absolute atomic E-state index is 11.6. The summed E-state index contributed by atoms with van der Waals surface area (Å²) in [5.74, 6) is -0.286. The average molecular weight is 230 g/mol. The topological polar surface area (TPSA) is 99.4 Å². The molecule has 7 nitrogen and oxygen atoms in total. The summed E-state index contributed by atoms with van der Waals surface area (Å²) in [6, 6.07) is 0. The van der Waals surface area contributed by atoms with Crippen LogP contribution in [0.3, 0.4) is 0 Å². The Kier molecular flexibility index (Phi) is 3.09. The number of rotatable bonds is 2. The lowest BCUT2D eigenvalue weighted by molar-refractivity contribution is -0.142. The van der Waals surface area contributed by atoms with Gasteiger partial charge in [-0.1, -0.05) is 11.3 Å². The zero-order chi connectivity index (χ0) is 10.7. The van der Waals surface area contributed by atoms with Gasteiger partial charge < -0.3 is 15.2 Å². The summed E-state index contributed by atoms with van der Waals surface area (Å²) in [4.78, 5) is 11.6. The van der Waals surface area contributed by atoms with E-state index in [0.717, 1.165) is 11.3 Å². The monoisotopic (exact) mass is 230 g/mol. The zero-order valence-electron chi connectivity index (χ0n) is 7.80. The number of hydrogen-bond donors (Lipinski definition) is 2. The van der Waals surface area contributed by atoms with E-state index >= 15 is 0 Å². The van der Waals surface area contributed by atoms with Gasteiger partial charge in [-0.15, -0.1) is 10.2 Å². The van der Waals surface area contributed by atoms with Gasteiger partial charge in [0.25, 0.3) is 5.91 Å². The highest BCUT2D eigenvalue weighted by molar-refractivity contribution is 7.18. The maximum atomic E-state index is 11.6. The molecule has 15 heavy (non-hydrogen) atoms. The number of aromatic nitrogens is 2. The van der Waals surface area contributed by atoms with Crippen LogP contribution in [0.4, 0.5) is 10.3 Å². The maximum Gasteiger partial charge on any atom is 0.257 e. The Bertz CT molecular complexity index is 350. The van der Waals surface area contributed by atoms with Gasteiger partial charge >= 0.3 is 0 Å². The molecule has 0 spiro atoms. The third-order valence-electron chi connectivity index (χ3n) is 1.78. The highest BCUT2D eigenvalue weighted by Crippen LogP contribution is 2.17. The Morgan fingerprint density at radius 1 is 1.53 bits per heavy atom. The van der Waals surface area contributed by atoms with Crippen LogP contribution in [0.15, 0.2) is 0 Å². The van der Waals surface area contributed by atoms with Gasteiger partial charge in [0, 0.05) is 0 Å². The summed E-state index contributed by atoms with van der Waals surface area (Å²) in [6.45, 7) is 1.21. The van der Waals surface area contributed by atoms with E-state index in [1.807, 2.05) is 0 Å². The van der Waals surface area contributed by atoms with Gasteiger partial charge in [0.15, 0.2) is 6.10 Å². The molecule has 82 valence electrons. The summed E-state index contributed by atoms with van der Waals surface area (Å²) in [7, 11) is 0. The molecular weight excluding hydrogens is 220 g/mol. The number of nitrogen functional groups attached to an aromatic ring is 1. The highest BCUT2D eigenvalue weighted by atomic mass is 32.1. The number of carbonyl (C=O) groups is 1. The number of carbonyl (C=O) groups excluding carboxylic acids is 1. The normalized spacial score (nSPS) is 21.2. The number of nitrogens with one attached hydrogen (secondary N) is 1. The number of anilines is 2. The quantitative estimate of drug-likeness (QED) is 0.708. The number of nitrogens with zero attached hydrogens (tertiary/aromatic N) is 2. The summed E-state index contributed by atoms with van der Waals surface area (Å²) >= 11 is 1.11. The molecule has 8 heteroatoms. The molecule has 3 N–H and O–H groups in total. The SMILES string of the molecule is Nc1nnc(NC(=O)C2COCCO2)s1. The first-order valence-corrected chi connectivity index (χ1v) is 5.16. The third-order valence-corrected chi connectivity index (χ3v) is 2.45. The molecule has 0 aromatic carbocycles. The molecule has 2 rings (SSSR count). The molecule has 0 saturated carbocycles. The second-order valence-electron chi connectivity index (χ2n) is 2.87. The number of nitrogens with two attached hydrogens (primary N) is 1. The smallest absolute Gasteiger partial charge is 0.257 e. The molecule has 1 amide bonds. The molecule has 1 atom stereocenters. The van der Waals surface area contributed by atoms with Crippen molar-refractivity contribution in [3.05, 3.63) is 0 Å².